The highest BCUT2D eigenvalue weighted by molar-refractivity contribution is 5.97. The van der Waals surface area contributed by atoms with Gasteiger partial charge in [-0.2, -0.15) is 0 Å². The van der Waals surface area contributed by atoms with Crippen LogP contribution in [-0.2, 0) is 11.3 Å². The van der Waals surface area contributed by atoms with Crippen molar-refractivity contribution in [2.75, 3.05) is 14.2 Å². The number of nitrogens with one attached hydrogen (secondary N) is 2. The molecule has 2 rings (SSSR count). The molecule has 6 nitrogen and oxygen atoms in total. The van der Waals surface area contributed by atoms with E-state index in [4.69, 9.17) is 9.47 Å². The van der Waals surface area contributed by atoms with Crippen LogP contribution >= 0.6 is 0 Å². The number of methoxy groups -OCH3 is 2. The number of amides is 2. The Morgan fingerprint density at radius 1 is 1.04 bits per heavy atom. The maximum absolute atomic E-state index is 13.8. The van der Waals surface area contributed by atoms with Gasteiger partial charge in [0.2, 0.25) is 5.91 Å². The number of halogens is 1. The van der Waals surface area contributed by atoms with E-state index in [1.165, 1.54) is 18.2 Å². The van der Waals surface area contributed by atoms with Gasteiger partial charge in [-0.05, 0) is 35.7 Å². The summed E-state index contributed by atoms with van der Waals surface area (Å²) >= 11 is 0. The Bertz CT molecular complexity index is 817. The number of hydrogen-bond donors (Lipinski definition) is 2. The molecule has 0 aromatic heterocycles. The molecule has 2 amide bonds. The predicted octanol–water partition coefficient (Wildman–Crippen LogP) is 2.91. The predicted molar refractivity (Wildman–Crippen MR) is 104 cm³/mol. The van der Waals surface area contributed by atoms with Gasteiger partial charge in [0, 0.05) is 12.6 Å². The van der Waals surface area contributed by atoms with Crippen LogP contribution in [-0.4, -0.2) is 32.1 Å². The number of ether oxygens (including phenoxy) is 2. The van der Waals surface area contributed by atoms with Gasteiger partial charge in [-0.25, -0.2) is 4.39 Å². The molecule has 0 fully saturated rings. The van der Waals surface area contributed by atoms with E-state index in [-0.39, 0.29) is 23.9 Å². The summed E-state index contributed by atoms with van der Waals surface area (Å²) in [6, 6.07) is 10.1. The van der Waals surface area contributed by atoms with Crippen molar-refractivity contribution in [1.82, 2.24) is 10.6 Å². The summed E-state index contributed by atoms with van der Waals surface area (Å²) in [5, 5.41) is 5.41. The van der Waals surface area contributed by atoms with Crippen LogP contribution < -0.4 is 20.1 Å². The normalized spacial score (nSPS) is 11.6. The van der Waals surface area contributed by atoms with Crippen LogP contribution in [0.3, 0.4) is 0 Å². The van der Waals surface area contributed by atoms with E-state index in [0.29, 0.717) is 11.5 Å². The second-order valence-electron chi connectivity index (χ2n) is 6.61. The molecule has 0 radical (unpaired) electrons. The summed E-state index contributed by atoms with van der Waals surface area (Å²) in [6.07, 6.45) is 0. The zero-order valence-electron chi connectivity index (χ0n) is 16.4. The summed E-state index contributed by atoms with van der Waals surface area (Å²) in [6.45, 7) is 3.84. The Kier molecular flexibility index (Phi) is 7.37. The molecule has 28 heavy (non-hydrogen) atoms. The molecule has 0 aliphatic carbocycles. The molecule has 0 spiro atoms. The lowest BCUT2D eigenvalue weighted by molar-refractivity contribution is -0.124. The summed E-state index contributed by atoms with van der Waals surface area (Å²) in [5.74, 6) is -0.591. The van der Waals surface area contributed by atoms with Crippen molar-refractivity contribution >= 4 is 11.8 Å². The lowest BCUT2D eigenvalue weighted by Crippen LogP contribution is -2.49. The third-order valence-corrected chi connectivity index (χ3v) is 4.23. The Hall–Kier alpha value is -3.09. The molecule has 2 N–H and O–H groups in total. The molecule has 1 atom stereocenters. The second kappa shape index (κ2) is 9.73. The maximum Gasteiger partial charge on any atom is 0.254 e. The number of hydrogen-bond acceptors (Lipinski definition) is 4. The highest BCUT2D eigenvalue weighted by Crippen LogP contribution is 2.22. The molecular formula is C21H25FN2O4. The van der Waals surface area contributed by atoms with E-state index >= 15 is 0 Å². The number of carbonyl (C=O) groups is 2. The molecule has 2 aromatic carbocycles. The SMILES string of the molecule is COc1cc(CNC(=O)C(NC(=O)c2ccccc2F)C(C)C)cc(OC)c1. The maximum atomic E-state index is 13.8. The first-order valence-corrected chi connectivity index (χ1v) is 8.90. The monoisotopic (exact) mass is 388 g/mol. The minimum absolute atomic E-state index is 0.0986. The van der Waals surface area contributed by atoms with Crippen LogP contribution in [0.2, 0.25) is 0 Å². The number of carbonyl (C=O) groups excluding carboxylic acids is 2. The Morgan fingerprint density at radius 3 is 2.18 bits per heavy atom. The fourth-order valence-electron chi connectivity index (χ4n) is 2.67. The first-order valence-electron chi connectivity index (χ1n) is 8.90. The largest absolute Gasteiger partial charge is 0.497 e. The van der Waals surface area contributed by atoms with Gasteiger partial charge < -0.3 is 20.1 Å². The van der Waals surface area contributed by atoms with Gasteiger partial charge in [0.15, 0.2) is 0 Å². The van der Waals surface area contributed by atoms with Crippen molar-refractivity contribution in [3.8, 4) is 11.5 Å². The van der Waals surface area contributed by atoms with Crippen LogP contribution in [0.25, 0.3) is 0 Å². The van der Waals surface area contributed by atoms with Crippen molar-refractivity contribution in [3.05, 3.63) is 59.4 Å². The smallest absolute Gasteiger partial charge is 0.254 e. The average Bonchev–Trinajstić information content (AvgIpc) is 2.69. The third-order valence-electron chi connectivity index (χ3n) is 4.23. The Morgan fingerprint density at radius 2 is 1.64 bits per heavy atom. The first kappa shape index (κ1) is 21.2. The van der Waals surface area contributed by atoms with Crippen LogP contribution in [0.1, 0.15) is 29.8 Å². The second-order valence-corrected chi connectivity index (χ2v) is 6.61. The van der Waals surface area contributed by atoms with Gasteiger partial charge in [-0.1, -0.05) is 26.0 Å². The number of benzene rings is 2. The Balaban J connectivity index is 2.07. The molecule has 0 aliphatic rings. The van der Waals surface area contributed by atoms with E-state index < -0.39 is 17.8 Å². The van der Waals surface area contributed by atoms with E-state index in [2.05, 4.69) is 10.6 Å². The first-order chi connectivity index (χ1) is 13.3. The standard InChI is InChI=1S/C21H25FN2O4/c1-13(2)19(24-20(25)17-7-5-6-8-18(17)22)21(26)23-12-14-9-15(27-3)11-16(10-14)28-4/h5-11,13,19H,12H2,1-4H3,(H,23,26)(H,24,25). The molecule has 0 bridgehead atoms. The topological polar surface area (TPSA) is 76.7 Å². The number of rotatable bonds is 8. The van der Waals surface area contributed by atoms with Crippen molar-refractivity contribution in [1.29, 1.82) is 0 Å². The van der Waals surface area contributed by atoms with Gasteiger partial charge in [-0.3, -0.25) is 9.59 Å². The third kappa shape index (κ3) is 5.45. The van der Waals surface area contributed by atoms with Crippen LogP contribution in [0.4, 0.5) is 4.39 Å². The molecule has 0 heterocycles. The molecule has 7 heteroatoms. The molecule has 0 aliphatic heterocycles. The lowest BCUT2D eigenvalue weighted by atomic mass is 10.0. The molecule has 150 valence electrons. The fourth-order valence-corrected chi connectivity index (χ4v) is 2.67. The van der Waals surface area contributed by atoms with Gasteiger partial charge in [0.1, 0.15) is 23.4 Å². The van der Waals surface area contributed by atoms with Crippen molar-refractivity contribution in [2.45, 2.75) is 26.4 Å². The van der Waals surface area contributed by atoms with E-state index in [1.807, 2.05) is 0 Å². The van der Waals surface area contributed by atoms with Crippen LogP contribution in [0.15, 0.2) is 42.5 Å². The Labute approximate surface area is 164 Å². The summed E-state index contributed by atoms with van der Waals surface area (Å²) in [4.78, 5) is 25.0. The van der Waals surface area contributed by atoms with E-state index in [1.54, 1.807) is 52.3 Å². The van der Waals surface area contributed by atoms with E-state index in [9.17, 15) is 14.0 Å². The minimum Gasteiger partial charge on any atom is -0.497 e. The van der Waals surface area contributed by atoms with Crippen molar-refractivity contribution < 1.29 is 23.5 Å². The zero-order chi connectivity index (χ0) is 20.7. The summed E-state index contributed by atoms with van der Waals surface area (Å²) in [5.41, 5.74) is 0.686. The highest BCUT2D eigenvalue weighted by Gasteiger charge is 2.25. The van der Waals surface area contributed by atoms with Gasteiger partial charge in [0.05, 0.1) is 19.8 Å². The van der Waals surface area contributed by atoms with Gasteiger partial charge in [-0.15, -0.1) is 0 Å². The molecular weight excluding hydrogens is 363 g/mol. The van der Waals surface area contributed by atoms with E-state index in [0.717, 1.165) is 5.56 Å². The highest BCUT2D eigenvalue weighted by atomic mass is 19.1. The van der Waals surface area contributed by atoms with Crippen molar-refractivity contribution in [3.63, 3.8) is 0 Å². The molecule has 1 unspecified atom stereocenters. The minimum atomic E-state index is -0.806. The van der Waals surface area contributed by atoms with Crippen molar-refractivity contribution in [2.24, 2.45) is 5.92 Å². The molecule has 0 saturated carbocycles. The fraction of sp³-hybridized carbons (Fsp3) is 0.333. The summed E-state index contributed by atoms with van der Waals surface area (Å²) in [7, 11) is 3.09. The van der Waals surface area contributed by atoms with Crippen LogP contribution in [0, 0.1) is 11.7 Å². The molecule has 0 saturated heterocycles. The van der Waals surface area contributed by atoms with Crippen LogP contribution in [0.5, 0.6) is 11.5 Å². The zero-order valence-corrected chi connectivity index (χ0v) is 16.4. The molecule has 2 aromatic rings. The lowest BCUT2D eigenvalue weighted by Gasteiger charge is -2.22. The van der Waals surface area contributed by atoms with Gasteiger partial charge in [0.25, 0.3) is 5.91 Å². The average molecular weight is 388 g/mol. The van der Waals surface area contributed by atoms with Gasteiger partial charge >= 0.3 is 0 Å². The summed E-state index contributed by atoms with van der Waals surface area (Å²) < 4.78 is 24.3. The quantitative estimate of drug-likeness (QED) is 0.729.